The molecule has 0 aromatic heterocycles. The van der Waals surface area contributed by atoms with E-state index in [1.165, 1.54) is 0 Å². The molecule has 21 heavy (non-hydrogen) atoms. The first-order valence-electron chi connectivity index (χ1n) is 6.89. The van der Waals surface area contributed by atoms with Crippen LogP contribution in [0.1, 0.15) is 5.56 Å². The predicted octanol–water partition coefficient (Wildman–Crippen LogP) is 3.34. The summed E-state index contributed by atoms with van der Waals surface area (Å²) in [5, 5.41) is -0.00130. The number of hydrogen-bond acceptors (Lipinski definition) is 3. The number of para-hydroxylation sites is 1. The van der Waals surface area contributed by atoms with Crippen molar-refractivity contribution in [2.75, 3.05) is 17.9 Å². The van der Waals surface area contributed by atoms with Crippen LogP contribution < -0.4 is 9.64 Å². The van der Waals surface area contributed by atoms with E-state index in [1.807, 2.05) is 59.5 Å². The summed E-state index contributed by atoms with van der Waals surface area (Å²) in [6.45, 7) is 0. The number of carbonyl (C=O) groups excluding carboxylic acids is 1. The van der Waals surface area contributed by atoms with Crippen molar-refractivity contribution in [2.45, 2.75) is 11.7 Å². The SMILES string of the molecule is COc1ccc(CC2SCN(c3ccccc3)C2=O)cc1. The Labute approximate surface area is 128 Å². The molecule has 3 nitrogen and oxygen atoms in total. The smallest absolute Gasteiger partial charge is 0.241 e. The molecule has 0 N–H and O–H groups in total. The van der Waals surface area contributed by atoms with E-state index in [9.17, 15) is 4.79 Å². The van der Waals surface area contributed by atoms with Crippen molar-refractivity contribution in [3.05, 3.63) is 60.2 Å². The van der Waals surface area contributed by atoms with Crippen LogP contribution in [0, 0.1) is 0 Å². The highest BCUT2D eigenvalue weighted by atomic mass is 32.2. The fourth-order valence-electron chi connectivity index (χ4n) is 2.40. The van der Waals surface area contributed by atoms with Gasteiger partial charge in [0.15, 0.2) is 0 Å². The Balaban J connectivity index is 1.69. The van der Waals surface area contributed by atoms with Crippen LogP contribution in [0.25, 0.3) is 0 Å². The van der Waals surface area contributed by atoms with Crippen LogP contribution in [-0.4, -0.2) is 24.1 Å². The molecule has 1 aliphatic heterocycles. The topological polar surface area (TPSA) is 29.5 Å². The first kappa shape index (κ1) is 14.0. The zero-order valence-electron chi connectivity index (χ0n) is 11.9. The van der Waals surface area contributed by atoms with Crippen LogP contribution in [0.4, 0.5) is 5.69 Å². The van der Waals surface area contributed by atoms with E-state index < -0.39 is 0 Å². The maximum atomic E-state index is 12.5. The molecule has 0 aliphatic carbocycles. The van der Waals surface area contributed by atoms with Crippen LogP contribution in [0.15, 0.2) is 54.6 Å². The maximum Gasteiger partial charge on any atom is 0.241 e. The fraction of sp³-hybridized carbons (Fsp3) is 0.235. The van der Waals surface area contributed by atoms with Crippen LogP contribution in [0.3, 0.4) is 0 Å². The molecule has 0 saturated carbocycles. The van der Waals surface area contributed by atoms with Gasteiger partial charge in [0, 0.05) is 5.69 Å². The third kappa shape index (κ3) is 3.05. The lowest BCUT2D eigenvalue weighted by Crippen LogP contribution is -2.30. The van der Waals surface area contributed by atoms with Gasteiger partial charge in [0.05, 0.1) is 18.2 Å². The zero-order chi connectivity index (χ0) is 14.7. The Kier molecular flexibility index (Phi) is 4.15. The highest BCUT2D eigenvalue weighted by molar-refractivity contribution is 8.01. The molecule has 108 valence electrons. The molecule has 1 unspecified atom stereocenters. The lowest BCUT2D eigenvalue weighted by Gasteiger charge is -2.15. The number of benzene rings is 2. The molecule has 1 saturated heterocycles. The van der Waals surface area contributed by atoms with E-state index in [0.29, 0.717) is 0 Å². The van der Waals surface area contributed by atoms with Gasteiger partial charge in [-0.1, -0.05) is 30.3 Å². The second-order valence-corrected chi connectivity index (χ2v) is 6.10. The minimum Gasteiger partial charge on any atom is -0.497 e. The van der Waals surface area contributed by atoms with Gasteiger partial charge in [-0.15, -0.1) is 11.8 Å². The van der Waals surface area contributed by atoms with Gasteiger partial charge in [0.2, 0.25) is 5.91 Å². The lowest BCUT2D eigenvalue weighted by atomic mass is 10.1. The quantitative estimate of drug-likeness (QED) is 0.867. The summed E-state index contributed by atoms with van der Waals surface area (Å²) in [5.41, 5.74) is 2.14. The Morgan fingerprint density at radius 1 is 1.14 bits per heavy atom. The summed E-state index contributed by atoms with van der Waals surface area (Å²) in [6, 6.07) is 17.8. The Morgan fingerprint density at radius 3 is 2.52 bits per heavy atom. The summed E-state index contributed by atoms with van der Waals surface area (Å²) >= 11 is 1.70. The highest BCUT2D eigenvalue weighted by Crippen LogP contribution is 2.31. The largest absolute Gasteiger partial charge is 0.497 e. The van der Waals surface area contributed by atoms with Gasteiger partial charge in [0.1, 0.15) is 5.75 Å². The summed E-state index contributed by atoms with van der Waals surface area (Å²) < 4.78 is 5.15. The number of thioether (sulfide) groups is 1. The third-order valence-electron chi connectivity index (χ3n) is 3.59. The average Bonchev–Trinajstić information content (AvgIpc) is 2.90. The first-order valence-corrected chi connectivity index (χ1v) is 7.94. The second-order valence-electron chi connectivity index (χ2n) is 4.94. The summed E-state index contributed by atoms with van der Waals surface area (Å²) in [4.78, 5) is 14.4. The van der Waals surface area contributed by atoms with Gasteiger partial charge >= 0.3 is 0 Å². The van der Waals surface area contributed by atoms with E-state index in [0.717, 1.165) is 29.3 Å². The number of methoxy groups -OCH3 is 1. The molecule has 1 atom stereocenters. The van der Waals surface area contributed by atoms with Gasteiger partial charge in [-0.25, -0.2) is 0 Å². The average molecular weight is 299 g/mol. The van der Waals surface area contributed by atoms with E-state index in [4.69, 9.17) is 4.74 Å². The number of ether oxygens (including phenoxy) is 1. The van der Waals surface area contributed by atoms with E-state index >= 15 is 0 Å². The molecule has 3 rings (SSSR count). The molecular weight excluding hydrogens is 282 g/mol. The van der Waals surface area contributed by atoms with Crippen molar-refractivity contribution in [1.29, 1.82) is 0 Å². The van der Waals surface area contributed by atoms with Crippen molar-refractivity contribution in [3.8, 4) is 5.75 Å². The molecule has 0 bridgehead atoms. The highest BCUT2D eigenvalue weighted by Gasteiger charge is 2.33. The van der Waals surface area contributed by atoms with Gasteiger partial charge in [0.25, 0.3) is 0 Å². The number of anilines is 1. The molecule has 1 amide bonds. The van der Waals surface area contributed by atoms with E-state index in [-0.39, 0.29) is 11.2 Å². The molecule has 1 fully saturated rings. The van der Waals surface area contributed by atoms with Gasteiger partial charge < -0.3 is 9.64 Å². The molecule has 2 aromatic rings. The predicted molar refractivity (Wildman–Crippen MR) is 86.9 cm³/mol. The molecule has 0 radical (unpaired) electrons. The molecule has 2 aromatic carbocycles. The zero-order valence-corrected chi connectivity index (χ0v) is 12.7. The first-order chi connectivity index (χ1) is 10.3. The van der Waals surface area contributed by atoms with Crippen molar-refractivity contribution in [2.24, 2.45) is 0 Å². The number of nitrogens with zero attached hydrogens (tertiary/aromatic N) is 1. The van der Waals surface area contributed by atoms with Crippen molar-refractivity contribution in [3.63, 3.8) is 0 Å². The van der Waals surface area contributed by atoms with Crippen LogP contribution >= 0.6 is 11.8 Å². The normalized spacial score (nSPS) is 18.0. The number of rotatable bonds is 4. The fourth-order valence-corrected chi connectivity index (χ4v) is 3.59. The number of amides is 1. The number of hydrogen-bond donors (Lipinski definition) is 0. The Bertz CT molecular complexity index is 612. The second kappa shape index (κ2) is 6.22. The van der Waals surface area contributed by atoms with Crippen molar-refractivity contribution >= 4 is 23.4 Å². The van der Waals surface area contributed by atoms with Crippen LogP contribution in [0.2, 0.25) is 0 Å². The van der Waals surface area contributed by atoms with E-state index in [2.05, 4.69) is 0 Å². The van der Waals surface area contributed by atoms with Gasteiger partial charge in [-0.05, 0) is 36.2 Å². The van der Waals surface area contributed by atoms with Crippen molar-refractivity contribution < 1.29 is 9.53 Å². The van der Waals surface area contributed by atoms with Gasteiger partial charge in [-0.3, -0.25) is 4.79 Å². The molecule has 0 spiro atoms. The maximum absolute atomic E-state index is 12.5. The molecule has 1 aliphatic rings. The summed E-state index contributed by atoms with van der Waals surface area (Å²) in [5.74, 6) is 1.76. The monoisotopic (exact) mass is 299 g/mol. The van der Waals surface area contributed by atoms with Gasteiger partial charge in [-0.2, -0.15) is 0 Å². The minimum atomic E-state index is -0.00130. The summed E-state index contributed by atoms with van der Waals surface area (Å²) in [6.07, 6.45) is 0.761. The van der Waals surface area contributed by atoms with Crippen molar-refractivity contribution in [1.82, 2.24) is 0 Å². The van der Waals surface area contributed by atoms with Crippen LogP contribution in [0.5, 0.6) is 5.75 Å². The molecule has 4 heteroatoms. The lowest BCUT2D eigenvalue weighted by molar-refractivity contribution is -0.117. The number of carbonyl (C=O) groups is 1. The standard InChI is InChI=1S/C17H17NO2S/c1-20-15-9-7-13(8-10-15)11-16-17(19)18(12-21-16)14-5-3-2-4-6-14/h2-10,16H,11-12H2,1H3. The minimum absolute atomic E-state index is 0.00130. The third-order valence-corrected chi connectivity index (χ3v) is 4.77. The summed E-state index contributed by atoms with van der Waals surface area (Å²) in [7, 11) is 1.66. The van der Waals surface area contributed by atoms with E-state index in [1.54, 1.807) is 18.9 Å². The van der Waals surface area contributed by atoms with Crippen LogP contribution in [-0.2, 0) is 11.2 Å². The molecule has 1 heterocycles. The Hall–Kier alpha value is -1.94. The molecular formula is C17H17NO2S. The Morgan fingerprint density at radius 2 is 1.86 bits per heavy atom.